The highest BCUT2D eigenvalue weighted by Gasteiger charge is 2.16. The second kappa shape index (κ2) is 7.04. The Kier molecular flexibility index (Phi) is 4.65. The fraction of sp³-hybridized carbons (Fsp3) is 0.0556. The number of hydrogen-bond donors (Lipinski definition) is 1. The molecular formula is C18H14F2N4O. The molecule has 1 heterocycles. The third-order valence-corrected chi connectivity index (χ3v) is 3.52. The van der Waals surface area contributed by atoms with Crippen molar-refractivity contribution in [3.8, 4) is 0 Å². The Hall–Kier alpha value is -3.35. The van der Waals surface area contributed by atoms with E-state index in [0.717, 1.165) is 17.8 Å². The zero-order valence-electron chi connectivity index (χ0n) is 13.3. The second-order valence-electron chi connectivity index (χ2n) is 5.19. The normalized spacial score (nSPS) is 10.4. The number of halogens is 2. The Labute approximate surface area is 143 Å². The van der Waals surface area contributed by atoms with Crippen LogP contribution in [0.5, 0.6) is 0 Å². The van der Waals surface area contributed by atoms with Crippen molar-refractivity contribution in [1.82, 2.24) is 9.97 Å². The number of hydrogen-bond acceptors (Lipinski definition) is 4. The Morgan fingerprint density at radius 1 is 1.00 bits per heavy atom. The van der Waals surface area contributed by atoms with Gasteiger partial charge < -0.3 is 10.2 Å². The van der Waals surface area contributed by atoms with Crippen LogP contribution >= 0.6 is 0 Å². The summed E-state index contributed by atoms with van der Waals surface area (Å²) in [4.78, 5) is 22.3. The van der Waals surface area contributed by atoms with Crippen LogP contribution in [0.3, 0.4) is 0 Å². The summed E-state index contributed by atoms with van der Waals surface area (Å²) in [6.07, 6.45) is 1.41. The molecule has 3 aromatic rings. The number of aromatic nitrogens is 2. The molecule has 0 aliphatic rings. The van der Waals surface area contributed by atoms with Gasteiger partial charge in [-0.05, 0) is 30.3 Å². The van der Waals surface area contributed by atoms with Crippen LogP contribution in [0.2, 0.25) is 0 Å². The molecule has 0 spiro atoms. The smallest absolute Gasteiger partial charge is 0.274 e. The van der Waals surface area contributed by atoms with Gasteiger partial charge in [0.15, 0.2) is 0 Å². The van der Waals surface area contributed by atoms with Crippen molar-refractivity contribution >= 4 is 23.2 Å². The molecule has 1 amide bonds. The average molecular weight is 340 g/mol. The van der Waals surface area contributed by atoms with E-state index in [-0.39, 0.29) is 11.6 Å². The third kappa shape index (κ3) is 3.60. The van der Waals surface area contributed by atoms with E-state index in [1.54, 1.807) is 11.9 Å². The topological polar surface area (TPSA) is 58.1 Å². The zero-order chi connectivity index (χ0) is 17.8. The molecule has 5 nitrogen and oxygen atoms in total. The van der Waals surface area contributed by atoms with Crippen LogP contribution in [0.15, 0.2) is 60.8 Å². The van der Waals surface area contributed by atoms with E-state index in [9.17, 15) is 13.6 Å². The predicted molar refractivity (Wildman–Crippen MR) is 90.8 cm³/mol. The fourth-order valence-corrected chi connectivity index (χ4v) is 2.20. The number of para-hydroxylation sites is 2. The summed E-state index contributed by atoms with van der Waals surface area (Å²) in [5.41, 5.74) is 0.319. The number of anilines is 3. The number of benzene rings is 2. The summed E-state index contributed by atoms with van der Waals surface area (Å²) in [5, 5.41) is 2.20. The number of amides is 1. The van der Waals surface area contributed by atoms with Gasteiger partial charge >= 0.3 is 0 Å². The van der Waals surface area contributed by atoms with Crippen LogP contribution in [-0.2, 0) is 0 Å². The lowest BCUT2D eigenvalue weighted by Gasteiger charge is -2.17. The summed E-state index contributed by atoms with van der Waals surface area (Å²) >= 11 is 0. The highest BCUT2D eigenvalue weighted by molar-refractivity contribution is 6.03. The molecule has 0 atom stereocenters. The highest BCUT2D eigenvalue weighted by Crippen LogP contribution is 2.21. The van der Waals surface area contributed by atoms with Crippen LogP contribution < -0.4 is 10.2 Å². The lowest BCUT2D eigenvalue weighted by molar-refractivity contribution is 0.102. The van der Waals surface area contributed by atoms with Gasteiger partial charge in [0.1, 0.15) is 23.0 Å². The van der Waals surface area contributed by atoms with Crippen LogP contribution in [-0.4, -0.2) is 22.9 Å². The van der Waals surface area contributed by atoms with E-state index in [0.29, 0.717) is 0 Å². The van der Waals surface area contributed by atoms with Crippen molar-refractivity contribution in [2.75, 3.05) is 17.3 Å². The SMILES string of the molecule is CN(c1ccccc1)c1nccc(C(=O)Nc2c(F)cccc2F)n1. The van der Waals surface area contributed by atoms with E-state index in [1.165, 1.54) is 18.3 Å². The molecule has 1 N–H and O–H groups in total. The van der Waals surface area contributed by atoms with E-state index < -0.39 is 23.2 Å². The van der Waals surface area contributed by atoms with E-state index in [1.807, 2.05) is 30.3 Å². The van der Waals surface area contributed by atoms with Gasteiger partial charge in [0.05, 0.1) is 0 Å². The Balaban J connectivity index is 1.85. The first kappa shape index (κ1) is 16.5. The zero-order valence-corrected chi connectivity index (χ0v) is 13.3. The van der Waals surface area contributed by atoms with Crippen molar-refractivity contribution in [2.24, 2.45) is 0 Å². The summed E-state index contributed by atoms with van der Waals surface area (Å²) in [5.74, 6) is -2.16. The van der Waals surface area contributed by atoms with Crippen molar-refractivity contribution in [1.29, 1.82) is 0 Å². The molecule has 0 saturated carbocycles. The average Bonchev–Trinajstić information content (AvgIpc) is 2.65. The lowest BCUT2D eigenvalue weighted by Crippen LogP contribution is -2.19. The number of nitrogens with one attached hydrogen (secondary N) is 1. The van der Waals surface area contributed by atoms with Crippen LogP contribution in [0.4, 0.5) is 26.1 Å². The maximum Gasteiger partial charge on any atom is 0.274 e. The monoisotopic (exact) mass is 340 g/mol. The molecule has 1 aromatic heterocycles. The van der Waals surface area contributed by atoms with Crippen molar-refractivity contribution in [2.45, 2.75) is 0 Å². The minimum atomic E-state index is -0.857. The summed E-state index contributed by atoms with van der Waals surface area (Å²) in [6.45, 7) is 0. The first-order valence-corrected chi connectivity index (χ1v) is 7.43. The van der Waals surface area contributed by atoms with E-state index in [4.69, 9.17) is 0 Å². The largest absolute Gasteiger partial charge is 0.316 e. The molecule has 0 bridgehead atoms. The van der Waals surface area contributed by atoms with E-state index >= 15 is 0 Å². The standard InChI is InChI=1S/C18H14F2N4O/c1-24(12-6-3-2-4-7-12)18-21-11-10-15(22-18)17(25)23-16-13(19)8-5-9-14(16)20/h2-11H,1H3,(H,23,25). The second-order valence-corrected chi connectivity index (χ2v) is 5.19. The first-order chi connectivity index (χ1) is 12.1. The summed E-state index contributed by atoms with van der Waals surface area (Å²) in [6, 6.07) is 14.1. The third-order valence-electron chi connectivity index (χ3n) is 3.52. The maximum atomic E-state index is 13.7. The van der Waals surface area contributed by atoms with Gasteiger partial charge in [0, 0.05) is 18.9 Å². The summed E-state index contributed by atoms with van der Waals surface area (Å²) in [7, 11) is 1.75. The minimum Gasteiger partial charge on any atom is -0.316 e. The Bertz CT molecular complexity index is 882. The van der Waals surface area contributed by atoms with Gasteiger partial charge in [0.25, 0.3) is 5.91 Å². The molecule has 0 radical (unpaired) electrons. The molecule has 0 aliphatic carbocycles. The lowest BCUT2D eigenvalue weighted by atomic mass is 10.2. The molecule has 3 rings (SSSR count). The Morgan fingerprint density at radius 2 is 1.68 bits per heavy atom. The van der Waals surface area contributed by atoms with Crippen molar-refractivity contribution < 1.29 is 13.6 Å². The Morgan fingerprint density at radius 3 is 2.36 bits per heavy atom. The van der Waals surface area contributed by atoms with Crippen LogP contribution in [0.1, 0.15) is 10.5 Å². The molecule has 126 valence electrons. The summed E-state index contributed by atoms with van der Waals surface area (Å²) < 4.78 is 27.3. The fourth-order valence-electron chi connectivity index (χ4n) is 2.20. The number of rotatable bonds is 4. The van der Waals surface area contributed by atoms with Gasteiger partial charge in [-0.1, -0.05) is 24.3 Å². The van der Waals surface area contributed by atoms with Gasteiger partial charge in [-0.3, -0.25) is 4.79 Å². The van der Waals surface area contributed by atoms with E-state index in [2.05, 4.69) is 15.3 Å². The molecule has 0 aliphatic heterocycles. The number of nitrogens with zero attached hydrogens (tertiary/aromatic N) is 3. The van der Waals surface area contributed by atoms with Crippen LogP contribution in [0, 0.1) is 11.6 Å². The number of carbonyl (C=O) groups is 1. The van der Waals surface area contributed by atoms with Crippen molar-refractivity contribution in [3.05, 3.63) is 78.1 Å². The van der Waals surface area contributed by atoms with Gasteiger partial charge in [0.2, 0.25) is 5.95 Å². The van der Waals surface area contributed by atoms with Gasteiger partial charge in [-0.15, -0.1) is 0 Å². The first-order valence-electron chi connectivity index (χ1n) is 7.43. The van der Waals surface area contributed by atoms with Crippen LogP contribution in [0.25, 0.3) is 0 Å². The highest BCUT2D eigenvalue weighted by atomic mass is 19.1. The maximum absolute atomic E-state index is 13.7. The molecular weight excluding hydrogens is 326 g/mol. The quantitative estimate of drug-likeness (QED) is 0.785. The molecule has 0 saturated heterocycles. The molecule has 0 fully saturated rings. The molecule has 2 aromatic carbocycles. The van der Waals surface area contributed by atoms with Gasteiger partial charge in [-0.25, -0.2) is 18.7 Å². The molecule has 25 heavy (non-hydrogen) atoms. The minimum absolute atomic E-state index is 0.00423. The molecule has 0 unspecified atom stereocenters. The molecule has 7 heteroatoms. The van der Waals surface area contributed by atoms with Crippen molar-refractivity contribution in [3.63, 3.8) is 0 Å². The van der Waals surface area contributed by atoms with Gasteiger partial charge in [-0.2, -0.15) is 0 Å². The number of carbonyl (C=O) groups excluding carboxylic acids is 1. The predicted octanol–water partition coefficient (Wildman–Crippen LogP) is 3.78.